The summed E-state index contributed by atoms with van der Waals surface area (Å²) in [6.07, 6.45) is 2.69. The van der Waals surface area contributed by atoms with Gasteiger partial charge in [-0.2, -0.15) is 0 Å². The second-order valence-electron chi connectivity index (χ2n) is 5.86. The third kappa shape index (κ3) is 3.70. The molecule has 0 bridgehead atoms. The van der Waals surface area contributed by atoms with E-state index in [2.05, 4.69) is 10.6 Å². The average molecular weight is 255 g/mol. The van der Waals surface area contributed by atoms with Crippen molar-refractivity contribution in [3.05, 3.63) is 0 Å². The van der Waals surface area contributed by atoms with E-state index >= 15 is 0 Å². The molecule has 104 valence electrons. The topological polar surface area (TPSA) is 84.2 Å². The highest BCUT2D eigenvalue weighted by atomic mass is 16.2. The van der Waals surface area contributed by atoms with Crippen LogP contribution in [0.15, 0.2) is 0 Å². The summed E-state index contributed by atoms with van der Waals surface area (Å²) in [5.74, 6) is -0.339. The lowest BCUT2D eigenvalue weighted by molar-refractivity contribution is -0.135. The molecule has 5 nitrogen and oxygen atoms in total. The lowest BCUT2D eigenvalue weighted by atomic mass is 9.75. The van der Waals surface area contributed by atoms with E-state index < -0.39 is 11.4 Å². The van der Waals surface area contributed by atoms with Crippen LogP contribution in [0, 0.1) is 5.41 Å². The molecule has 1 aliphatic rings. The Kier molecular flexibility index (Phi) is 4.73. The fourth-order valence-corrected chi connectivity index (χ4v) is 2.57. The van der Waals surface area contributed by atoms with Crippen molar-refractivity contribution in [3.8, 4) is 0 Å². The first-order valence-corrected chi connectivity index (χ1v) is 6.63. The molecule has 0 aromatic rings. The van der Waals surface area contributed by atoms with Gasteiger partial charge in [-0.1, -0.05) is 6.92 Å². The zero-order valence-electron chi connectivity index (χ0n) is 11.6. The number of nitrogens with one attached hydrogen (secondary N) is 2. The van der Waals surface area contributed by atoms with Gasteiger partial charge in [0, 0.05) is 12.0 Å². The third-order valence-corrected chi connectivity index (χ3v) is 3.79. The molecule has 4 N–H and O–H groups in total. The first-order chi connectivity index (χ1) is 8.31. The Hall–Kier alpha value is -1.10. The predicted molar refractivity (Wildman–Crippen MR) is 70.9 cm³/mol. The number of carbonyl (C=O) groups excluding carboxylic acids is 2. The summed E-state index contributed by atoms with van der Waals surface area (Å²) >= 11 is 0. The second kappa shape index (κ2) is 5.69. The van der Waals surface area contributed by atoms with E-state index in [1.54, 1.807) is 0 Å². The van der Waals surface area contributed by atoms with Gasteiger partial charge in [-0.25, -0.2) is 0 Å². The van der Waals surface area contributed by atoms with Crippen LogP contribution in [0.2, 0.25) is 0 Å². The molecule has 0 aromatic carbocycles. The minimum absolute atomic E-state index is 0.0535. The Morgan fingerprint density at radius 3 is 2.33 bits per heavy atom. The van der Waals surface area contributed by atoms with Crippen molar-refractivity contribution in [1.82, 2.24) is 10.6 Å². The van der Waals surface area contributed by atoms with Gasteiger partial charge < -0.3 is 16.4 Å². The Labute approximate surface area is 109 Å². The highest BCUT2D eigenvalue weighted by molar-refractivity contribution is 5.84. The molecule has 1 rings (SSSR count). The summed E-state index contributed by atoms with van der Waals surface area (Å²) in [6.45, 7) is 7.46. The summed E-state index contributed by atoms with van der Waals surface area (Å²) in [5.41, 5.74) is 4.33. The summed E-state index contributed by atoms with van der Waals surface area (Å²) in [5, 5.41) is 6.25. The highest BCUT2D eigenvalue weighted by Gasteiger charge is 2.39. The lowest BCUT2D eigenvalue weighted by Gasteiger charge is -2.38. The number of primary amides is 1. The maximum absolute atomic E-state index is 12.5. The van der Waals surface area contributed by atoms with Gasteiger partial charge in [0.05, 0.1) is 5.41 Å². The predicted octanol–water partition coefficient (Wildman–Crippen LogP) is 0.536. The molecule has 1 heterocycles. The van der Waals surface area contributed by atoms with E-state index in [9.17, 15) is 9.59 Å². The van der Waals surface area contributed by atoms with Crippen LogP contribution in [0.1, 0.15) is 46.5 Å². The normalized spacial score (nSPS) is 19.3. The van der Waals surface area contributed by atoms with Gasteiger partial charge in [-0.05, 0) is 46.2 Å². The van der Waals surface area contributed by atoms with E-state index in [0.29, 0.717) is 0 Å². The molecule has 0 spiro atoms. The van der Waals surface area contributed by atoms with Gasteiger partial charge in [0.25, 0.3) is 0 Å². The fourth-order valence-electron chi connectivity index (χ4n) is 2.57. The molecule has 1 saturated heterocycles. The van der Waals surface area contributed by atoms with E-state index in [-0.39, 0.29) is 17.7 Å². The molecule has 0 saturated carbocycles. The monoisotopic (exact) mass is 255 g/mol. The van der Waals surface area contributed by atoms with E-state index in [1.807, 2.05) is 20.8 Å². The van der Waals surface area contributed by atoms with E-state index in [0.717, 1.165) is 32.4 Å². The van der Waals surface area contributed by atoms with Gasteiger partial charge in [0.1, 0.15) is 0 Å². The summed E-state index contributed by atoms with van der Waals surface area (Å²) in [7, 11) is 0. The van der Waals surface area contributed by atoms with E-state index in [1.165, 1.54) is 0 Å². The summed E-state index contributed by atoms with van der Waals surface area (Å²) < 4.78 is 0. The fraction of sp³-hybridized carbons (Fsp3) is 0.846. The van der Waals surface area contributed by atoms with Crippen molar-refractivity contribution in [2.75, 3.05) is 13.1 Å². The van der Waals surface area contributed by atoms with Crippen molar-refractivity contribution in [3.63, 3.8) is 0 Å². The number of hydrogen-bond acceptors (Lipinski definition) is 3. The van der Waals surface area contributed by atoms with Crippen LogP contribution in [0.25, 0.3) is 0 Å². The molecular weight excluding hydrogens is 230 g/mol. The number of hydrogen-bond donors (Lipinski definition) is 3. The molecule has 0 radical (unpaired) electrons. The summed E-state index contributed by atoms with van der Waals surface area (Å²) in [4.78, 5) is 23.4. The Morgan fingerprint density at radius 2 is 1.89 bits per heavy atom. The van der Waals surface area contributed by atoms with Gasteiger partial charge in [0.2, 0.25) is 11.8 Å². The molecule has 0 aliphatic carbocycles. The number of amides is 2. The Morgan fingerprint density at radius 1 is 1.33 bits per heavy atom. The lowest BCUT2D eigenvalue weighted by Crippen LogP contribution is -2.54. The van der Waals surface area contributed by atoms with Crippen molar-refractivity contribution in [2.24, 2.45) is 11.1 Å². The quantitative estimate of drug-likeness (QED) is 0.670. The third-order valence-electron chi connectivity index (χ3n) is 3.79. The second-order valence-corrected chi connectivity index (χ2v) is 5.86. The zero-order chi connectivity index (χ0) is 13.8. The van der Waals surface area contributed by atoms with Gasteiger partial charge >= 0.3 is 0 Å². The van der Waals surface area contributed by atoms with Crippen LogP contribution in [0.4, 0.5) is 0 Å². The van der Waals surface area contributed by atoms with Crippen molar-refractivity contribution < 1.29 is 9.59 Å². The average Bonchev–Trinajstić information content (AvgIpc) is 2.27. The number of piperidine rings is 1. The van der Waals surface area contributed by atoms with Crippen LogP contribution in [0.3, 0.4) is 0 Å². The Balaban J connectivity index is 2.70. The Bertz CT molecular complexity index is 320. The smallest absolute Gasteiger partial charge is 0.226 e. The first-order valence-electron chi connectivity index (χ1n) is 6.63. The summed E-state index contributed by atoms with van der Waals surface area (Å²) in [6, 6.07) is 0. The molecule has 18 heavy (non-hydrogen) atoms. The standard InChI is InChI=1S/C13H25N3O2/c1-4-13(5-7-15-8-6-13)11(18)16-12(2,3)9-10(14)17/h15H,4-9H2,1-3H3,(H2,14,17)(H,16,18). The molecule has 1 fully saturated rings. The van der Waals surface area contributed by atoms with Crippen LogP contribution in [-0.4, -0.2) is 30.4 Å². The van der Waals surface area contributed by atoms with Crippen LogP contribution in [0.5, 0.6) is 0 Å². The van der Waals surface area contributed by atoms with Crippen molar-refractivity contribution >= 4 is 11.8 Å². The highest BCUT2D eigenvalue weighted by Crippen LogP contribution is 2.33. The van der Waals surface area contributed by atoms with Crippen molar-refractivity contribution in [2.45, 2.75) is 52.0 Å². The molecule has 0 atom stereocenters. The molecular formula is C13H25N3O2. The van der Waals surface area contributed by atoms with Crippen LogP contribution >= 0.6 is 0 Å². The molecule has 2 amide bonds. The van der Waals surface area contributed by atoms with Gasteiger partial charge in [-0.3, -0.25) is 9.59 Å². The molecule has 1 aliphatic heterocycles. The minimum atomic E-state index is -0.573. The van der Waals surface area contributed by atoms with Crippen LogP contribution < -0.4 is 16.4 Å². The van der Waals surface area contributed by atoms with Gasteiger partial charge in [0.15, 0.2) is 0 Å². The zero-order valence-corrected chi connectivity index (χ0v) is 11.6. The largest absolute Gasteiger partial charge is 0.370 e. The van der Waals surface area contributed by atoms with E-state index in [4.69, 9.17) is 5.73 Å². The first kappa shape index (κ1) is 15.0. The van der Waals surface area contributed by atoms with Gasteiger partial charge in [-0.15, -0.1) is 0 Å². The van der Waals surface area contributed by atoms with Crippen molar-refractivity contribution in [1.29, 1.82) is 0 Å². The number of carbonyl (C=O) groups is 2. The number of rotatable bonds is 5. The maximum atomic E-state index is 12.5. The van der Waals surface area contributed by atoms with Crippen LogP contribution in [-0.2, 0) is 9.59 Å². The SMILES string of the molecule is CCC1(C(=O)NC(C)(C)CC(N)=O)CCNCC1. The molecule has 0 unspecified atom stereocenters. The number of nitrogens with two attached hydrogens (primary N) is 1. The maximum Gasteiger partial charge on any atom is 0.226 e. The molecule has 0 aromatic heterocycles. The molecule has 5 heteroatoms. The minimum Gasteiger partial charge on any atom is -0.370 e.